The fraction of sp³-hybridized carbons (Fsp3) is 0.750. The summed E-state index contributed by atoms with van der Waals surface area (Å²) in [6.45, 7) is 3.67. The molecule has 1 heterocycles. The fourth-order valence-corrected chi connectivity index (χ4v) is 2.05. The third kappa shape index (κ3) is 3.45. The minimum absolute atomic E-state index is 0.0615. The Morgan fingerprint density at radius 1 is 1.56 bits per heavy atom. The van der Waals surface area contributed by atoms with Crippen LogP contribution in [-0.4, -0.2) is 35.0 Å². The van der Waals surface area contributed by atoms with Gasteiger partial charge in [0.1, 0.15) is 5.54 Å². The number of carboxylic acid groups (broad SMARTS) is 1. The van der Waals surface area contributed by atoms with E-state index in [4.69, 9.17) is 5.11 Å². The molecular weight excluding hydrogens is 236 g/mol. The van der Waals surface area contributed by atoms with E-state index in [0.29, 0.717) is 25.7 Å². The van der Waals surface area contributed by atoms with Gasteiger partial charge in [0.2, 0.25) is 11.8 Å². The zero-order chi connectivity index (χ0) is 13.8. The second-order valence-corrected chi connectivity index (χ2v) is 4.92. The summed E-state index contributed by atoms with van der Waals surface area (Å²) in [4.78, 5) is 34.2. The van der Waals surface area contributed by atoms with Gasteiger partial charge in [0.05, 0.1) is 5.92 Å². The maximum absolute atomic E-state index is 12.0. The van der Waals surface area contributed by atoms with Crippen molar-refractivity contribution in [3.63, 3.8) is 0 Å². The maximum atomic E-state index is 12.0. The molecule has 6 heteroatoms. The number of carboxylic acids is 1. The van der Waals surface area contributed by atoms with E-state index in [9.17, 15) is 14.4 Å². The highest BCUT2D eigenvalue weighted by molar-refractivity contribution is 5.89. The largest absolute Gasteiger partial charge is 0.480 e. The van der Waals surface area contributed by atoms with Crippen LogP contribution >= 0.6 is 0 Å². The number of rotatable bonds is 5. The van der Waals surface area contributed by atoms with Crippen molar-refractivity contribution in [3.05, 3.63) is 0 Å². The molecule has 0 spiro atoms. The summed E-state index contributed by atoms with van der Waals surface area (Å²) in [7, 11) is 0. The number of aliphatic carboxylic acids is 1. The van der Waals surface area contributed by atoms with Crippen molar-refractivity contribution in [1.29, 1.82) is 0 Å². The Kier molecular flexibility index (Phi) is 4.69. The van der Waals surface area contributed by atoms with Crippen LogP contribution in [0.15, 0.2) is 0 Å². The molecule has 0 aromatic rings. The molecule has 0 saturated carbocycles. The van der Waals surface area contributed by atoms with E-state index in [1.807, 2.05) is 6.92 Å². The molecule has 2 amide bonds. The fourth-order valence-electron chi connectivity index (χ4n) is 2.05. The molecule has 1 rings (SSSR count). The molecule has 1 aliphatic heterocycles. The van der Waals surface area contributed by atoms with Gasteiger partial charge in [-0.15, -0.1) is 0 Å². The van der Waals surface area contributed by atoms with Gasteiger partial charge >= 0.3 is 5.97 Å². The van der Waals surface area contributed by atoms with Crippen LogP contribution in [0.5, 0.6) is 0 Å². The third-order valence-corrected chi connectivity index (χ3v) is 3.26. The van der Waals surface area contributed by atoms with Crippen molar-refractivity contribution in [3.8, 4) is 0 Å². The minimum atomic E-state index is -1.23. The highest BCUT2D eigenvalue weighted by Gasteiger charge is 2.36. The molecule has 6 nitrogen and oxygen atoms in total. The second-order valence-electron chi connectivity index (χ2n) is 4.92. The van der Waals surface area contributed by atoms with E-state index in [1.54, 1.807) is 0 Å². The van der Waals surface area contributed by atoms with E-state index in [-0.39, 0.29) is 24.3 Å². The van der Waals surface area contributed by atoms with Crippen LogP contribution in [-0.2, 0) is 14.4 Å². The molecular formula is C12H20N2O4. The summed E-state index contributed by atoms with van der Waals surface area (Å²) in [6, 6.07) is 0. The van der Waals surface area contributed by atoms with Crippen molar-refractivity contribution in [1.82, 2.24) is 10.6 Å². The van der Waals surface area contributed by atoms with Crippen molar-refractivity contribution < 1.29 is 19.5 Å². The highest BCUT2D eigenvalue weighted by atomic mass is 16.4. The van der Waals surface area contributed by atoms with E-state index in [0.717, 1.165) is 0 Å². The normalized spacial score (nSPS) is 22.8. The molecule has 1 aliphatic rings. The first-order valence-electron chi connectivity index (χ1n) is 6.21. The number of hydrogen-bond acceptors (Lipinski definition) is 3. The Balaban J connectivity index is 2.61. The lowest BCUT2D eigenvalue weighted by atomic mass is 9.92. The van der Waals surface area contributed by atoms with Gasteiger partial charge in [-0.05, 0) is 19.8 Å². The Morgan fingerprint density at radius 2 is 2.22 bits per heavy atom. The molecule has 2 atom stereocenters. The van der Waals surface area contributed by atoms with Crippen LogP contribution in [0.1, 0.15) is 39.5 Å². The van der Waals surface area contributed by atoms with E-state index < -0.39 is 11.5 Å². The summed E-state index contributed by atoms with van der Waals surface area (Å²) in [5.41, 5.74) is -1.23. The van der Waals surface area contributed by atoms with Crippen molar-refractivity contribution in [2.24, 2.45) is 5.92 Å². The average molecular weight is 256 g/mol. The average Bonchev–Trinajstić information content (AvgIpc) is 2.29. The minimum Gasteiger partial charge on any atom is -0.480 e. The Labute approximate surface area is 106 Å². The lowest BCUT2D eigenvalue weighted by Gasteiger charge is -2.29. The number of piperidine rings is 1. The zero-order valence-electron chi connectivity index (χ0n) is 10.8. The molecule has 3 N–H and O–H groups in total. The van der Waals surface area contributed by atoms with Crippen LogP contribution in [0.25, 0.3) is 0 Å². The monoisotopic (exact) mass is 256 g/mol. The molecule has 0 radical (unpaired) electrons. The van der Waals surface area contributed by atoms with Crippen molar-refractivity contribution in [2.75, 3.05) is 6.54 Å². The molecule has 2 unspecified atom stereocenters. The number of carbonyl (C=O) groups is 3. The van der Waals surface area contributed by atoms with Gasteiger partial charge in [-0.1, -0.05) is 13.3 Å². The van der Waals surface area contributed by atoms with Gasteiger partial charge in [0, 0.05) is 13.0 Å². The molecule has 0 aromatic carbocycles. The quantitative estimate of drug-likeness (QED) is 0.658. The van der Waals surface area contributed by atoms with E-state index in [2.05, 4.69) is 10.6 Å². The summed E-state index contributed by atoms with van der Waals surface area (Å²) in [5.74, 6) is -1.72. The van der Waals surface area contributed by atoms with Gasteiger partial charge in [-0.2, -0.15) is 0 Å². The van der Waals surface area contributed by atoms with Crippen molar-refractivity contribution in [2.45, 2.75) is 45.1 Å². The van der Waals surface area contributed by atoms with Gasteiger partial charge in [0.25, 0.3) is 0 Å². The van der Waals surface area contributed by atoms with E-state index >= 15 is 0 Å². The lowest BCUT2D eigenvalue weighted by Crippen LogP contribution is -2.55. The van der Waals surface area contributed by atoms with Crippen LogP contribution in [0.4, 0.5) is 0 Å². The first-order valence-corrected chi connectivity index (χ1v) is 6.21. The number of amides is 2. The smallest absolute Gasteiger partial charge is 0.329 e. The van der Waals surface area contributed by atoms with Crippen LogP contribution < -0.4 is 10.6 Å². The first-order chi connectivity index (χ1) is 8.39. The topological polar surface area (TPSA) is 95.5 Å². The Hall–Kier alpha value is -1.59. The second kappa shape index (κ2) is 5.84. The summed E-state index contributed by atoms with van der Waals surface area (Å²) < 4.78 is 0. The van der Waals surface area contributed by atoms with Crippen LogP contribution in [0, 0.1) is 5.92 Å². The predicted molar refractivity (Wildman–Crippen MR) is 64.8 cm³/mol. The predicted octanol–water partition coefficient (Wildman–Crippen LogP) is 0.272. The molecule has 0 bridgehead atoms. The highest BCUT2D eigenvalue weighted by Crippen LogP contribution is 2.16. The number of nitrogens with one attached hydrogen (secondary N) is 2. The van der Waals surface area contributed by atoms with E-state index in [1.165, 1.54) is 6.92 Å². The van der Waals surface area contributed by atoms with Gasteiger partial charge in [-0.3, -0.25) is 9.59 Å². The Morgan fingerprint density at radius 3 is 2.67 bits per heavy atom. The van der Waals surface area contributed by atoms with Gasteiger partial charge < -0.3 is 15.7 Å². The number of hydrogen-bond donors (Lipinski definition) is 3. The van der Waals surface area contributed by atoms with Crippen molar-refractivity contribution >= 4 is 17.8 Å². The first kappa shape index (κ1) is 14.5. The zero-order valence-corrected chi connectivity index (χ0v) is 10.8. The maximum Gasteiger partial charge on any atom is 0.329 e. The molecule has 1 saturated heterocycles. The molecule has 18 heavy (non-hydrogen) atoms. The SMILES string of the molecule is CCCC(C)(NC(=O)C1CCC(=O)NC1)C(=O)O. The van der Waals surface area contributed by atoms with Crippen LogP contribution in [0.2, 0.25) is 0 Å². The molecule has 1 fully saturated rings. The number of carbonyl (C=O) groups excluding carboxylic acids is 2. The standard InChI is InChI=1S/C12H20N2O4/c1-3-6-12(2,11(17)18)14-10(16)8-4-5-9(15)13-7-8/h8H,3-7H2,1-2H3,(H,13,15)(H,14,16)(H,17,18). The van der Waals surface area contributed by atoms with Gasteiger partial charge in [0.15, 0.2) is 0 Å². The third-order valence-electron chi connectivity index (χ3n) is 3.26. The van der Waals surface area contributed by atoms with Crippen LogP contribution in [0.3, 0.4) is 0 Å². The molecule has 0 aliphatic carbocycles. The Bertz CT molecular complexity index is 346. The van der Waals surface area contributed by atoms with Gasteiger partial charge in [-0.25, -0.2) is 4.79 Å². The molecule has 0 aromatic heterocycles. The summed E-state index contributed by atoms with van der Waals surface area (Å²) in [5, 5.41) is 14.4. The molecule has 102 valence electrons. The lowest BCUT2D eigenvalue weighted by molar-refractivity contribution is -0.148. The summed E-state index contributed by atoms with van der Waals surface area (Å²) in [6.07, 6.45) is 1.84. The summed E-state index contributed by atoms with van der Waals surface area (Å²) >= 11 is 0.